The fraction of sp³-hybridized carbons (Fsp3) is 0.222. The average molecular weight is 401 g/mol. The summed E-state index contributed by atoms with van der Waals surface area (Å²) in [6.07, 6.45) is 4.75. The monoisotopic (exact) mass is 400 g/mol. The Bertz CT molecular complexity index is 956. The number of para-hydroxylation sites is 1. The van der Waals surface area contributed by atoms with Gasteiger partial charge >= 0.3 is 0 Å². The molecule has 1 aliphatic rings. The molecule has 1 N–H and O–H groups in total. The second kappa shape index (κ2) is 7.98. The van der Waals surface area contributed by atoms with Crippen LogP contribution in [-0.4, -0.2) is 50.0 Å². The van der Waals surface area contributed by atoms with Crippen LogP contribution in [0.4, 0.5) is 11.5 Å². The van der Waals surface area contributed by atoms with Crippen molar-refractivity contribution < 1.29 is 4.79 Å². The lowest BCUT2D eigenvalue weighted by molar-refractivity contribution is 0.102. The Morgan fingerprint density at radius 2 is 1.89 bits per heavy atom. The predicted octanol–water partition coefficient (Wildman–Crippen LogP) is 3.12. The van der Waals surface area contributed by atoms with Crippen molar-refractivity contribution >= 4 is 40.8 Å². The molecule has 1 aromatic carbocycles. The Morgan fingerprint density at radius 1 is 1.11 bits per heavy atom. The Labute approximate surface area is 165 Å². The van der Waals surface area contributed by atoms with Crippen LogP contribution in [0.2, 0.25) is 5.02 Å². The van der Waals surface area contributed by atoms with Gasteiger partial charge in [0.15, 0.2) is 0 Å². The van der Waals surface area contributed by atoms with Gasteiger partial charge in [-0.05, 0) is 12.1 Å². The molecule has 0 radical (unpaired) electrons. The Kier molecular flexibility index (Phi) is 5.26. The van der Waals surface area contributed by atoms with E-state index in [0.29, 0.717) is 16.5 Å². The number of imidazole rings is 1. The van der Waals surface area contributed by atoms with Crippen molar-refractivity contribution in [3.63, 3.8) is 0 Å². The van der Waals surface area contributed by atoms with E-state index in [0.717, 1.165) is 30.4 Å². The average Bonchev–Trinajstić information content (AvgIpc) is 3.21. The van der Waals surface area contributed by atoms with Crippen LogP contribution in [0.25, 0.3) is 5.82 Å². The van der Waals surface area contributed by atoms with Crippen molar-refractivity contribution in [2.45, 2.75) is 0 Å². The second-order valence-corrected chi connectivity index (χ2v) is 7.57. The van der Waals surface area contributed by atoms with Crippen LogP contribution in [0.15, 0.2) is 49.2 Å². The first-order valence-electron chi connectivity index (χ1n) is 8.46. The van der Waals surface area contributed by atoms with Crippen LogP contribution >= 0.6 is 23.4 Å². The summed E-state index contributed by atoms with van der Waals surface area (Å²) in [5.41, 5.74) is 0.829. The first kappa shape index (κ1) is 17.8. The number of halogens is 1. The number of rotatable bonds is 4. The number of carbonyl (C=O) groups is 1. The highest BCUT2D eigenvalue weighted by molar-refractivity contribution is 7.99. The van der Waals surface area contributed by atoms with Gasteiger partial charge < -0.3 is 10.2 Å². The highest BCUT2D eigenvalue weighted by Gasteiger charge is 2.15. The molecular formula is C18H17ClN6OS. The van der Waals surface area contributed by atoms with Crippen molar-refractivity contribution in [2.24, 2.45) is 0 Å². The number of aromatic nitrogens is 4. The fourth-order valence-corrected chi connectivity index (χ4v) is 3.84. The number of nitrogens with zero attached hydrogens (tertiary/aromatic N) is 5. The molecule has 0 spiro atoms. The SMILES string of the molecule is O=C(Nc1ccccc1Cl)c1cn(-c2cc(N3CCSCC3)ncn2)cn1. The minimum absolute atomic E-state index is 0.282. The predicted molar refractivity (Wildman–Crippen MR) is 108 cm³/mol. The van der Waals surface area contributed by atoms with Crippen molar-refractivity contribution in [1.29, 1.82) is 0 Å². The zero-order valence-corrected chi connectivity index (χ0v) is 16.0. The summed E-state index contributed by atoms with van der Waals surface area (Å²) < 4.78 is 1.71. The van der Waals surface area contributed by atoms with Gasteiger partial charge in [0.1, 0.15) is 30.0 Å². The number of carbonyl (C=O) groups excluding carboxylic acids is 1. The standard InChI is InChI=1S/C18H17ClN6OS/c19-13-3-1-2-4-14(13)23-18(26)15-10-25(12-22-15)17-9-16(20-11-21-17)24-5-7-27-8-6-24/h1-4,9-12H,5-8H2,(H,23,26). The molecule has 0 aliphatic carbocycles. The number of nitrogens with one attached hydrogen (secondary N) is 1. The lowest BCUT2D eigenvalue weighted by Gasteiger charge is -2.27. The van der Waals surface area contributed by atoms with Crippen molar-refractivity contribution in [2.75, 3.05) is 34.8 Å². The highest BCUT2D eigenvalue weighted by atomic mass is 35.5. The van der Waals surface area contributed by atoms with E-state index in [4.69, 9.17) is 11.6 Å². The highest BCUT2D eigenvalue weighted by Crippen LogP contribution is 2.22. The third-order valence-electron chi connectivity index (χ3n) is 4.18. The van der Waals surface area contributed by atoms with E-state index >= 15 is 0 Å². The maximum Gasteiger partial charge on any atom is 0.275 e. The number of anilines is 2. The zero-order valence-electron chi connectivity index (χ0n) is 14.4. The maximum absolute atomic E-state index is 12.4. The molecule has 0 unspecified atom stereocenters. The first-order chi connectivity index (χ1) is 13.2. The smallest absolute Gasteiger partial charge is 0.275 e. The normalized spacial score (nSPS) is 14.2. The largest absolute Gasteiger partial charge is 0.355 e. The van der Waals surface area contributed by atoms with E-state index in [-0.39, 0.29) is 11.6 Å². The van der Waals surface area contributed by atoms with Crippen molar-refractivity contribution in [3.05, 3.63) is 59.9 Å². The van der Waals surface area contributed by atoms with Crippen LogP contribution in [0.1, 0.15) is 10.5 Å². The van der Waals surface area contributed by atoms with E-state index in [9.17, 15) is 4.79 Å². The van der Waals surface area contributed by atoms with Crippen LogP contribution in [-0.2, 0) is 0 Å². The summed E-state index contributed by atoms with van der Waals surface area (Å²) in [5.74, 6) is 3.41. The second-order valence-electron chi connectivity index (χ2n) is 5.93. The van der Waals surface area contributed by atoms with E-state index in [1.165, 1.54) is 6.33 Å². The molecule has 27 heavy (non-hydrogen) atoms. The molecule has 1 fully saturated rings. The molecule has 2 aromatic heterocycles. The van der Waals surface area contributed by atoms with Crippen molar-refractivity contribution in [3.8, 4) is 5.82 Å². The molecular weight excluding hydrogens is 384 g/mol. The van der Waals surface area contributed by atoms with Gasteiger partial charge in [-0.25, -0.2) is 15.0 Å². The molecule has 0 atom stereocenters. The summed E-state index contributed by atoms with van der Waals surface area (Å²) in [7, 11) is 0. The molecule has 3 aromatic rings. The molecule has 1 saturated heterocycles. The molecule has 138 valence electrons. The van der Waals surface area contributed by atoms with Crippen LogP contribution in [0.3, 0.4) is 0 Å². The van der Waals surface area contributed by atoms with Crippen molar-refractivity contribution in [1.82, 2.24) is 19.5 Å². The summed E-state index contributed by atoms with van der Waals surface area (Å²) in [4.78, 5) is 27.5. The molecule has 7 nitrogen and oxygen atoms in total. The lowest BCUT2D eigenvalue weighted by atomic mass is 10.3. The summed E-state index contributed by atoms with van der Waals surface area (Å²) in [5, 5.41) is 3.24. The van der Waals surface area contributed by atoms with Gasteiger partial charge in [-0.2, -0.15) is 11.8 Å². The molecule has 1 aliphatic heterocycles. The van der Waals surface area contributed by atoms with E-state index in [1.54, 1.807) is 35.3 Å². The van der Waals surface area contributed by atoms with Gasteiger partial charge in [0.25, 0.3) is 5.91 Å². The number of hydrogen-bond donors (Lipinski definition) is 1. The first-order valence-corrected chi connectivity index (χ1v) is 9.99. The van der Waals surface area contributed by atoms with Gasteiger partial charge in [-0.15, -0.1) is 0 Å². The lowest BCUT2D eigenvalue weighted by Crippen LogP contribution is -2.33. The van der Waals surface area contributed by atoms with Crippen LogP contribution in [0.5, 0.6) is 0 Å². The Balaban J connectivity index is 1.52. The van der Waals surface area contributed by atoms with Crippen LogP contribution < -0.4 is 10.2 Å². The number of amides is 1. The molecule has 9 heteroatoms. The third kappa shape index (κ3) is 4.06. The number of benzene rings is 1. The topological polar surface area (TPSA) is 75.9 Å². The number of thioether (sulfide) groups is 1. The minimum Gasteiger partial charge on any atom is -0.355 e. The quantitative estimate of drug-likeness (QED) is 0.725. The van der Waals surface area contributed by atoms with Gasteiger partial charge in [-0.1, -0.05) is 23.7 Å². The Hall–Kier alpha value is -2.58. The van der Waals surface area contributed by atoms with E-state index in [2.05, 4.69) is 25.2 Å². The van der Waals surface area contributed by atoms with Gasteiger partial charge in [0, 0.05) is 36.9 Å². The maximum atomic E-state index is 12.4. The summed E-state index contributed by atoms with van der Waals surface area (Å²) >= 11 is 8.03. The molecule has 4 rings (SSSR count). The molecule has 1 amide bonds. The Morgan fingerprint density at radius 3 is 2.70 bits per heavy atom. The summed E-state index contributed by atoms with van der Waals surface area (Å²) in [6, 6.07) is 8.98. The van der Waals surface area contributed by atoms with Crippen LogP contribution in [0, 0.1) is 0 Å². The number of hydrogen-bond acceptors (Lipinski definition) is 6. The molecule has 0 saturated carbocycles. The van der Waals surface area contributed by atoms with E-state index < -0.39 is 0 Å². The van der Waals surface area contributed by atoms with Gasteiger partial charge in [0.05, 0.1) is 10.7 Å². The third-order valence-corrected chi connectivity index (χ3v) is 5.45. The molecule has 3 heterocycles. The van der Waals surface area contributed by atoms with Gasteiger partial charge in [0.2, 0.25) is 0 Å². The molecule has 0 bridgehead atoms. The fourth-order valence-electron chi connectivity index (χ4n) is 2.76. The van der Waals surface area contributed by atoms with Gasteiger partial charge in [-0.3, -0.25) is 9.36 Å². The van der Waals surface area contributed by atoms with E-state index in [1.807, 2.05) is 23.9 Å². The zero-order chi connectivity index (χ0) is 18.6. The minimum atomic E-state index is -0.329. The summed E-state index contributed by atoms with van der Waals surface area (Å²) in [6.45, 7) is 1.94.